The van der Waals surface area contributed by atoms with Crippen LogP contribution in [-0.4, -0.2) is 68.6 Å². The van der Waals surface area contributed by atoms with Crippen LogP contribution < -0.4 is 0 Å². The van der Waals surface area contributed by atoms with E-state index in [9.17, 15) is 9.36 Å². The van der Waals surface area contributed by atoms with Gasteiger partial charge in [0.25, 0.3) is 0 Å². The minimum Gasteiger partial charge on any atom is -0.460 e. The predicted molar refractivity (Wildman–Crippen MR) is 76.2 cm³/mol. The molecule has 0 aliphatic rings. The van der Waals surface area contributed by atoms with Gasteiger partial charge in [0.2, 0.25) is 0 Å². The summed E-state index contributed by atoms with van der Waals surface area (Å²) in [6, 6.07) is 0. The van der Waals surface area contributed by atoms with E-state index < -0.39 is 13.8 Å². The minimum atomic E-state index is -4.42. The van der Waals surface area contributed by atoms with Crippen molar-refractivity contribution in [2.45, 2.75) is 6.92 Å². The fourth-order valence-electron chi connectivity index (χ4n) is 1.07. The third kappa shape index (κ3) is 15.6. The Morgan fingerprint density at radius 2 is 1.32 bits per heavy atom. The first kappa shape index (κ1) is 21.2. The molecule has 0 fully saturated rings. The van der Waals surface area contributed by atoms with Crippen molar-refractivity contribution in [3.63, 3.8) is 0 Å². The monoisotopic (exact) mass is 342 g/mol. The quantitative estimate of drug-likeness (QED) is 0.198. The zero-order valence-corrected chi connectivity index (χ0v) is 13.5. The third-order valence-corrected chi connectivity index (χ3v) is 2.56. The highest BCUT2D eigenvalue weighted by Gasteiger charge is 2.12. The number of rotatable bonds is 14. The third-order valence-electron chi connectivity index (χ3n) is 2.04. The van der Waals surface area contributed by atoms with Gasteiger partial charge in [-0.05, 0) is 6.92 Å². The van der Waals surface area contributed by atoms with E-state index in [1.54, 1.807) is 6.92 Å². The maximum absolute atomic E-state index is 11.0. The zero-order valence-electron chi connectivity index (χ0n) is 12.6. The molecule has 0 spiro atoms. The van der Waals surface area contributed by atoms with Crippen LogP contribution in [0.4, 0.5) is 0 Å². The second-order valence-electron chi connectivity index (χ2n) is 4.08. The SMILES string of the molecule is C=C(C)C(=O)OCCOCCOCCOCCOP(=O)(O)O. The van der Waals surface area contributed by atoms with Crippen molar-refractivity contribution in [2.75, 3.05) is 52.9 Å². The topological polar surface area (TPSA) is 121 Å². The fraction of sp³-hybridized carbons (Fsp3) is 0.750. The normalized spacial score (nSPS) is 11.4. The maximum Gasteiger partial charge on any atom is 0.469 e. The molecular formula is C12H23O9P. The predicted octanol–water partition coefficient (Wildman–Crippen LogP) is 0.265. The fourth-order valence-corrected chi connectivity index (χ4v) is 1.39. The lowest BCUT2D eigenvalue weighted by atomic mass is 10.4. The molecule has 0 heterocycles. The van der Waals surface area contributed by atoms with Gasteiger partial charge in [0, 0.05) is 5.57 Å². The first-order valence-corrected chi connectivity index (χ1v) is 8.12. The molecule has 130 valence electrons. The van der Waals surface area contributed by atoms with Crippen LogP contribution in [0.15, 0.2) is 12.2 Å². The highest BCUT2D eigenvalue weighted by atomic mass is 31.2. The molecule has 0 amide bonds. The molecule has 0 atom stereocenters. The van der Waals surface area contributed by atoms with Crippen molar-refractivity contribution < 1.29 is 42.6 Å². The molecule has 0 unspecified atom stereocenters. The van der Waals surface area contributed by atoms with Gasteiger partial charge in [-0.2, -0.15) is 0 Å². The van der Waals surface area contributed by atoms with Gasteiger partial charge in [-0.3, -0.25) is 4.52 Å². The molecule has 2 N–H and O–H groups in total. The van der Waals surface area contributed by atoms with Crippen molar-refractivity contribution in [3.8, 4) is 0 Å². The number of phosphoric acid groups is 1. The number of ether oxygens (including phenoxy) is 4. The summed E-state index contributed by atoms with van der Waals surface area (Å²) in [5.41, 5.74) is 0.342. The van der Waals surface area contributed by atoms with E-state index in [2.05, 4.69) is 11.1 Å². The Bertz CT molecular complexity index is 366. The van der Waals surface area contributed by atoms with E-state index in [1.807, 2.05) is 0 Å². The van der Waals surface area contributed by atoms with Crippen LogP contribution in [0.3, 0.4) is 0 Å². The highest BCUT2D eigenvalue weighted by molar-refractivity contribution is 7.46. The summed E-state index contributed by atoms with van der Waals surface area (Å²) in [6.45, 7) is 6.65. The average molecular weight is 342 g/mol. The largest absolute Gasteiger partial charge is 0.469 e. The van der Waals surface area contributed by atoms with Crippen LogP contribution in [0.2, 0.25) is 0 Å². The van der Waals surface area contributed by atoms with Crippen LogP contribution >= 0.6 is 7.82 Å². The van der Waals surface area contributed by atoms with Gasteiger partial charge in [-0.25, -0.2) is 9.36 Å². The molecule has 0 aromatic heterocycles. The lowest BCUT2D eigenvalue weighted by Crippen LogP contribution is -2.14. The molecule has 0 bridgehead atoms. The molecule has 0 saturated carbocycles. The Morgan fingerprint density at radius 3 is 1.73 bits per heavy atom. The standard InChI is InChI=1S/C12H23O9P/c1-11(2)12(13)20-9-7-18-5-3-17-4-6-19-8-10-21-22(14,15)16/h1,3-10H2,2H3,(H2,14,15,16). The smallest absolute Gasteiger partial charge is 0.460 e. The van der Waals surface area contributed by atoms with Gasteiger partial charge in [0.15, 0.2) is 0 Å². The Balaban J connectivity index is 3.16. The highest BCUT2D eigenvalue weighted by Crippen LogP contribution is 2.35. The second-order valence-corrected chi connectivity index (χ2v) is 5.32. The lowest BCUT2D eigenvalue weighted by Gasteiger charge is -2.08. The molecule has 0 saturated heterocycles. The van der Waals surface area contributed by atoms with Crippen LogP contribution in [0.5, 0.6) is 0 Å². The van der Waals surface area contributed by atoms with Crippen LogP contribution in [0.1, 0.15) is 6.92 Å². The zero-order chi connectivity index (χ0) is 16.8. The first-order valence-electron chi connectivity index (χ1n) is 6.59. The summed E-state index contributed by atoms with van der Waals surface area (Å²) in [4.78, 5) is 27.8. The van der Waals surface area contributed by atoms with Crippen LogP contribution in [0, 0.1) is 0 Å². The summed E-state index contributed by atoms with van der Waals surface area (Å²) in [7, 11) is -4.42. The van der Waals surface area contributed by atoms with Gasteiger partial charge in [-0.1, -0.05) is 6.58 Å². The second kappa shape index (κ2) is 12.7. The number of hydrogen-bond acceptors (Lipinski definition) is 7. The van der Waals surface area contributed by atoms with Crippen molar-refractivity contribution in [2.24, 2.45) is 0 Å². The Hall–Kier alpha value is -0.800. The summed E-state index contributed by atoms with van der Waals surface area (Å²) in [5, 5.41) is 0. The molecule has 9 nitrogen and oxygen atoms in total. The number of carbonyl (C=O) groups excluding carboxylic acids is 1. The van der Waals surface area contributed by atoms with E-state index >= 15 is 0 Å². The van der Waals surface area contributed by atoms with E-state index in [0.29, 0.717) is 25.4 Å². The molecule has 0 rings (SSSR count). The van der Waals surface area contributed by atoms with E-state index in [1.165, 1.54) is 0 Å². The summed E-state index contributed by atoms with van der Waals surface area (Å²) in [6.07, 6.45) is 0. The van der Waals surface area contributed by atoms with Gasteiger partial charge in [0.05, 0.1) is 46.2 Å². The Morgan fingerprint density at radius 1 is 0.909 bits per heavy atom. The molecule has 0 aliphatic carbocycles. The first-order chi connectivity index (χ1) is 10.3. The Labute approximate surface area is 129 Å². The number of carbonyl (C=O) groups is 1. The summed E-state index contributed by atoms with van der Waals surface area (Å²) >= 11 is 0. The van der Waals surface area contributed by atoms with Gasteiger partial charge < -0.3 is 28.7 Å². The maximum atomic E-state index is 11.0. The molecule has 10 heteroatoms. The van der Waals surface area contributed by atoms with E-state index in [0.717, 1.165) is 0 Å². The van der Waals surface area contributed by atoms with Gasteiger partial charge >= 0.3 is 13.8 Å². The minimum absolute atomic E-state index is 0.0685. The van der Waals surface area contributed by atoms with Crippen molar-refractivity contribution in [3.05, 3.63) is 12.2 Å². The average Bonchev–Trinajstić information content (AvgIpc) is 2.42. The number of hydrogen-bond donors (Lipinski definition) is 2. The lowest BCUT2D eigenvalue weighted by molar-refractivity contribution is -0.140. The number of phosphoric ester groups is 1. The van der Waals surface area contributed by atoms with Crippen molar-refractivity contribution in [1.29, 1.82) is 0 Å². The van der Waals surface area contributed by atoms with Crippen molar-refractivity contribution in [1.82, 2.24) is 0 Å². The van der Waals surface area contributed by atoms with Crippen LogP contribution in [-0.2, 0) is 32.8 Å². The van der Waals surface area contributed by atoms with Crippen molar-refractivity contribution >= 4 is 13.8 Å². The van der Waals surface area contributed by atoms with E-state index in [-0.39, 0.29) is 33.0 Å². The molecule has 0 aliphatic heterocycles. The number of esters is 1. The van der Waals surface area contributed by atoms with Gasteiger partial charge in [0.1, 0.15) is 6.61 Å². The molecule has 22 heavy (non-hydrogen) atoms. The molecular weight excluding hydrogens is 319 g/mol. The van der Waals surface area contributed by atoms with Gasteiger partial charge in [-0.15, -0.1) is 0 Å². The van der Waals surface area contributed by atoms with E-state index in [4.69, 9.17) is 28.7 Å². The molecule has 0 radical (unpaired) electrons. The molecule has 0 aromatic rings. The summed E-state index contributed by atoms with van der Waals surface area (Å²) in [5.74, 6) is -0.445. The Kier molecular flexibility index (Phi) is 12.3. The molecule has 0 aromatic carbocycles. The summed E-state index contributed by atoms with van der Waals surface area (Å²) < 4.78 is 34.7. The van der Waals surface area contributed by atoms with Crippen LogP contribution in [0.25, 0.3) is 0 Å².